The molecule has 82 valence electrons. The van der Waals surface area contributed by atoms with Crippen LogP contribution in [0.5, 0.6) is 0 Å². The van der Waals surface area contributed by atoms with Crippen molar-refractivity contribution in [1.82, 2.24) is 15.0 Å². The Kier molecular flexibility index (Phi) is 3.26. The molecule has 2 heterocycles. The van der Waals surface area contributed by atoms with Crippen LogP contribution in [0.15, 0.2) is 11.6 Å². The number of halogens is 1. The quantitative estimate of drug-likeness (QED) is 0.622. The van der Waals surface area contributed by atoms with Crippen molar-refractivity contribution >= 4 is 29.2 Å². The van der Waals surface area contributed by atoms with Gasteiger partial charge in [-0.15, -0.1) is 11.3 Å². The van der Waals surface area contributed by atoms with Gasteiger partial charge in [-0.3, -0.25) is 4.79 Å². The molecule has 0 unspecified atom stereocenters. The van der Waals surface area contributed by atoms with E-state index in [0.29, 0.717) is 29.8 Å². The average molecular weight is 254 g/mol. The van der Waals surface area contributed by atoms with Gasteiger partial charge < -0.3 is 0 Å². The minimum atomic E-state index is 0.203. The Hall–Kier alpha value is -1.33. The predicted molar refractivity (Wildman–Crippen MR) is 62.1 cm³/mol. The second-order valence-electron chi connectivity index (χ2n) is 3.14. The smallest absolute Gasteiger partial charge is 0.155 e. The van der Waals surface area contributed by atoms with Gasteiger partial charge in [0.05, 0.1) is 16.3 Å². The summed E-state index contributed by atoms with van der Waals surface area (Å²) in [7, 11) is 0. The Morgan fingerprint density at radius 1 is 1.50 bits per heavy atom. The monoisotopic (exact) mass is 253 g/mol. The topological polar surface area (TPSA) is 55.7 Å². The summed E-state index contributed by atoms with van der Waals surface area (Å²) < 4.78 is 0. The van der Waals surface area contributed by atoms with Gasteiger partial charge in [-0.05, 0) is 6.92 Å². The molecule has 2 aromatic rings. The van der Waals surface area contributed by atoms with E-state index in [1.165, 1.54) is 11.3 Å². The van der Waals surface area contributed by atoms with Gasteiger partial charge in [0, 0.05) is 18.0 Å². The molecule has 0 aliphatic rings. The van der Waals surface area contributed by atoms with Crippen LogP contribution >= 0.6 is 22.9 Å². The molecule has 0 radical (unpaired) electrons. The van der Waals surface area contributed by atoms with Crippen LogP contribution in [0.25, 0.3) is 0 Å². The van der Waals surface area contributed by atoms with Crippen LogP contribution in [-0.2, 0) is 6.42 Å². The number of carbonyl (C=O) groups excluding carboxylic acids is 1. The summed E-state index contributed by atoms with van der Waals surface area (Å²) in [5, 5.41) is 2.98. The van der Waals surface area contributed by atoms with E-state index in [0.717, 1.165) is 5.01 Å². The number of rotatable bonds is 3. The lowest BCUT2D eigenvalue weighted by Crippen LogP contribution is -2.03. The fourth-order valence-electron chi connectivity index (χ4n) is 1.34. The Morgan fingerprint density at radius 2 is 2.31 bits per heavy atom. The molecular formula is C10H8ClN3OS. The van der Waals surface area contributed by atoms with E-state index in [1.54, 1.807) is 13.1 Å². The lowest BCUT2D eigenvalue weighted by Gasteiger charge is -2.04. The van der Waals surface area contributed by atoms with E-state index in [-0.39, 0.29) is 5.15 Å². The average Bonchev–Trinajstić information content (AvgIpc) is 2.70. The van der Waals surface area contributed by atoms with Crippen LogP contribution in [0.4, 0.5) is 0 Å². The summed E-state index contributed by atoms with van der Waals surface area (Å²) in [5.41, 5.74) is 0.977. The van der Waals surface area contributed by atoms with Gasteiger partial charge in [0.15, 0.2) is 6.29 Å². The second-order valence-corrected chi connectivity index (χ2v) is 4.48. The van der Waals surface area contributed by atoms with Crippen molar-refractivity contribution in [3.05, 3.63) is 38.8 Å². The van der Waals surface area contributed by atoms with E-state index >= 15 is 0 Å². The summed E-state index contributed by atoms with van der Waals surface area (Å²) in [5.74, 6) is 0.558. The van der Waals surface area contributed by atoms with Gasteiger partial charge in [-0.1, -0.05) is 11.6 Å². The molecule has 0 aliphatic carbocycles. The zero-order valence-electron chi connectivity index (χ0n) is 8.48. The highest BCUT2D eigenvalue weighted by Gasteiger charge is 2.12. The van der Waals surface area contributed by atoms with Gasteiger partial charge in [-0.25, -0.2) is 15.0 Å². The minimum absolute atomic E-state index is 0.203. The molecule has 2 rings (SSSR count). The third kappa shape index (κ3) is 2.25. The van der Waals surface area contributed by atoms with E-state index in [9.17, 15) is 4.79 Å². The Bertz CT molecular complexity index is 513. The number of hydrogen-bond acceptors (Lipinski definition) is 5. The lowest BCUT2D eigenvalue weighted by atomic mass is 10.2. The van der Waals surface area contributed by atoms with Gasteiger partial charge >= 0.3 is 0 Å². The van der Waals surface area contributed by atoms with Crippen LogP contribution in [-0.4, -0.2) is 21.2 Å². The van der Waals surface area contributed by atoms with Crippen molar-refractivity contribution in [2.24, 2.45) is 0 Å². The molecule has 0 atom stereocenters. The number of thiazole rings is 1. The van der Waals surface area contributed by atoms with Crippen LogP contribution in [0, 0.1) is 6.92 Å². The molecular weight excluding hydrogens is 246 g/mol. The van der Waals surface area contributed by atoms with Crippen molar-refractivity contribution in [2.75, 3.05) is 0 Å². The third-order valence-corrected chi connectivity index (χ3v) is 3.08. The van der Waals surface area contributed by atoms with E-state index < -0.39 is 0 Å². The highest BCUT2D eigenvalue weighted by atomic mass is 35.5. The van der Waals surface area contributed by atoms with Crippen LogP contribution < -0.4 is 0 Å². The molecule has 4 nitrogen and oxygen atoms in total. The highest BCUT2D eigenvalue weighted by molar-refractivity contribution is 7.09. The number of nitrogens with zero attached hydrogens (tertiary/aromatic N) is 3. The largest absolute Gasteiger partial charge is 0.298 e. The first-order chi connectivity index (χ1) is 7.70. The van der Waals surface area contributed by atoms with E-state index in [2.05, 4.69) is 15.0 Å². The number of aldehydes is 1. The SMILES string of the molecule is Cc1nc(Cl)c(C=O)c(Cc2nccs2)n1. The number of carbonyl (C=O) groups is 1. The van der Waals surface area contributed by atoms with Crippen LogP contribution in [0.1, 0.15) is 26.9 Å². The summed E-state index contributed by atoms with van der Waals surface area (Å²) in [6.45, 7) is 1.74. The Balaban J connectivity index is 2.43. The Labute approximate surface area is 101 Å². The summed E-state index contributed by atoms with van der Waals surface area (Å²) in [6.07, 6.45) is 2.91. The fraction of sp³-hybridized carbons (Fsp3) is 0.200. The van der Waals surface area contributed by atoms with E-state index in [4.69, 9.17) is 11.6 Å². The summed E-state index contributed by atoms with van der Waals surface area (Å²) in [6, 6.07) is 0. The Morgan fingerprint density at radius 3 is 2.94 bits per heavy atom. The molecule has 0 aromatic carbocycles. The third-order valence-electron chi connectivity index (χ3n) is 2.01. The maximum atomic E-state index is 10.9. The van der Waals surface area contributed by atoms with Crippen molar-refractivity contribution in [3.8, 4) is 0 Å². The lowest BCUT2D eigenvalue weighted by molar-refractivity contribution is 0.112. The summed E-state index contributed by atoms with van der Waals surface area (Å²) >= 11 is 7.39. The fourth-order valence-corrected chi connectivity index (χ4v) is 2.23. The molecule has 0 saturated heterocycles. The first-order valence-electron chi connectivity index (χ1n) is 4.57. The van der Waals surface area contributed by atoms with Crippen molar-refractivity contribution in [2.45, 2.75) is 13.3 Å². The van der Waals surface area contributed by atoms with E-state index in [1.807, 2.05) is 5.38 Å². The second kappa shape index (κ2) is 4.67. The highest BCUT2D eigenvalue weighted by Crippen LogP contribution is 2.18. The molecule has 0 spiro atoms. The zero-order valence-corrected chi connectivity index (χ0v) is 10.0. The first kappa shape index (κ1) is 11.2. The molecule has 0 amide bonds. The maximum absolute atomic E-state index is 10.9. The number of hydrogen-bond donors (Lipinski definition) is 0. The molecule has 0 bridgehead atoms. The molecule has 0 N–H and O–H groups in total. The van der Waals surface area contributed by atoms with Crippen LogP contribution in [0.3, 0.4) is 0 Å². The molecule has 6 heteroatoms. The van der Waals surface area contributed by atoms with Gasteiger partial charge in [0.1, 0.15) is 11.0 Å². The molecule has 0 fully saturated rings. The van der Waals surface area contributed by atoms with Crippen molar-refractivity contribution in [3.63, 3.8) is 0 Å². The van der Waals surface area contributed by atoms with Crippen molar-refractivity contribution < 1.29 is 4.79 Å². The maximum Gasteiger partial charge on any atom is 0.155 e. The molecule has 2 aromatic heterocycles. The molecule has 0 saturated carbocycles. The van der Waals surface area contributed by atoms with Gasteiger partial charge in [0.2, 0.25) is 0 Å². The number of aromatic nitrogens is 3. The molecule has 16 heavy (non-hydrogen) atoms. The van der Waals surface area contributed by atoms with Crippen molar-refractivity contribution in [1.29, 1.82) is 0 Å². The molecule has 0 aliphatic heterocycles. The first-order valence-corrected chi connectivity index (χ1v) is 5.83. The zero-order chi connectivity index (χ0) is 11.5. The standard InChI is InChI=1S/C10H8ClN3OS/c1-6-13-8(4-9-12-2-3-16-9)7(5-15)10(11)14-6/h2-3,5H,4H2,1H3. The normalized spacial score (nSPS) is 10.4. The number of aryl methyl sites for hydroxylation is 1. The van der Waals surface area contributed by atoms with Gasteiger partial charge in [0.25, 0.3) is 0 Å². The van der Waals surface area contributed by atoms with Crippen LogP contribution in [0.2, 0.25) is 5.15 Å². The van der Waals surface area contributed by atoms with Gasteiger partial charge in [-0.2, -0.15) is 0 Å². The minimum Gasteiger partial charge on any atom is -0.298 e. The predicted octanol–water partition coefficient (Wildman–Crippen LogP) is 2.30. The summed E-state index contributed by atoms with van der Waals surface area (Å²) in [4.78, 5) is 23.2.